The van der Waals surface area contributed by atoms with Gasteiger partial charge < -0.3 is 9.66 Å². The van der Waals surface area contributed by atoms with Crippen LogP contribution in [0.2, 0.25) is 0 Å². The SMILES string of the molecule is Cc1ccc(C#Cc2cccc(-c3nn(-c4nc(C(=O)O)cs4)c(C4CC45CC5)c3Cc3ccc([S+](N)[O-])c(F)c3)c2)s1. The summed E-state index contributed by atoms with van der Waals surface area (Å²) >= 11 is 0.944. The van der Waals surface area contributed by atoms with E-state index in [4.69, 9.17) is 10.2 Å². The molecule has 2 fully saturated rings. The first-order chi connectivity index (χ1) is 20.7. The summed E-state index contributed by atoms with van der Waals surface area (Å²) in [4.78, 5) is 18.2. The number of nitrogens with two attached hydrogens (primary N) is 1. The Labute approximate surface area is 258 Å². The Morgan fingerprint density at radius 2 is 2.07 bits per heavy atom. The molecule has 216 valence electrons. The van der Waals surface area contributed by atoms with Crippen molar-refractivity contribution in [3.05, 3.63) is 104 Å². The lowest BCUT2D eigenvalue weighted by Gasteiger charge is -2.10. The first-order valence-corrected chi connectivity index (χ1v) is 16.6. The van der Waals surface area contributed by atoms with Crippen molar-refractivity contribution in [3.63, 3.8) is 0 Å². The predicted molar refractivity (Wildman–Crippen MR) is 165 cm³/mol. The second-order valence-electron chi connectivity index (χ2n) is 11.0. The van der Waals surface area contributed by atoms with Crippen LogP contribution in [-0.2, 0) is 17.8 Å². The minimum atomic E-state index is -1.93. The molecule has 2 atom stereocenters. The Bertz CT molecular complexity index is 1960. The van der Waals surface area contributed by atoms with Gasteiger partial charge in [-0.25, -0.2) is 18.9 Å². The fraction of sp³-hybridized carbons (Fsp3) is 0.219. The van der Waals surface area contributed by atoms with E-state index in [1.54, 1.807) is 22.1 Å². The number of thiophene rings is 1. The number of halogens is 1. The molecule has 3 N–H and O–H groups in total. The number of carbonyl (C=O) groups is 1. The molecule has 0 aliphatic heterocycles. The standard InChI is InChI=1S/C32H25FN4O3S3/c1-18-5-8-22(42-18)9-6-19-3-2-4-21(13-19)28-23(14-20-7-10-27(43(34)40)25(33)15-20)29(24-16-32(24)11-12-32)37(36-28)31-35-26(17-41-31)30(38)39/h2-5,7-8,10,13,15,17,24H,11-12,14,16,34H2,1H3,(H,38,39). The largest absolute Gasteiger partial charge is 0.593 e. The van der Waals surface area contributed by atoms with Crippen LogP contribution in [-0.4, -0.2) is 30.4 Å². The van der Waals surface area contributed by atoms with Gasteiger partial charge >= 0.3 is 5.97 Å². The number of aryl methyl sites for hydroxylation is 1. The summed E-state index contributed by atoms with van der Waals surface area (Å²) in [5, 5.41) is 22.1. The lowest BCUT2D eigenvalue weighted by molar-refractivity contribution is 0.0691. The molecule has 1 spiro atoms. The van der Waals surface area contributed by atoms with Crippen molar-refractivity contribution >= 4 is 40.0 Å². The Hall–Kier alpha value is -3.79. The van der Waals surface area contributed by atoms with Crippen molar-refractivity contribution < 1.29 is 18.8 Å². The van der Waals surface area contributed by atoms with Crippen molar-refractivity contribution in [2.75, 3.05) is 0 Å². The van der Waals surface area contributed by atoms with Crippen molar-refractivity contribution in [2.45, 2.75) is 43.4 Å². The van der Waals surface area contributed by atoms with Crippen molar-refractivity contribution in [2.24, 2.45) is 10.6 Å². The third-order valence-corrected chi connectivity index (χ3v) is 10.6. The van der Waals surface area contributed by atoms with Gasteiger partial charge in [0.1, 0.15) is 0 Å². The van der Waals surface area contributed by atoms with Gasteiger partial charge in [0.15, 0.2) is 11.5 Å². The molecule has 3 aromatic heterocycles. The lowest BCUT2D eigenvalue weighted by atomic mass is 9.96. The molecular formula is C32H25FN4O3S3. The quantitative estimate of drug-likeness (QED) is 0.158. The Balaban J connectivity index is 1.38. The minimum absolute atomic E-state index is 0.0324. The van der Waals surface area contributed by atoms with Gasteiger partial charge in [-0.15, -0.1) is 27.8 Å². The molecule has 43 heavy (non-hydrogen) atoms. The maximum absolute atomic E-state index is 14.9. The number of aromatic nitrogens is 3. The van der Waals surface area contributed by atoms with Crippen LogP contribution in [0, 0.1) is 30.0 Å². The number of aromatic carboxylic acids is 1. The number of thiazole rings is 1. The molecule has 2 aliphatic rings. The molecular weight excluding hydrogens is 604 g/mol. The predicted octanol–water partition coefficient (Wildman–Crippen LogP) is 6.44. The first kappa shape index (κ1) is 28.0. The van der Waals surface area contributed by atoms with Crippen LogP contribution in [0.3, 0.4) is 0 Å². The van der Waals surface area contributed by atoms with E-state index in [9.17, 15) is 18.8 Å². The number of carboxylic acid groups (broad SMARTS) is 1. The average molecular weight is 629 g/mol. The van der Waals surface area contributed by atoms with Crippen LogP contribution in [0.4, 0.5) is 4.39 Å². The Kier molecular flexibility index (Phi) is 6.99. The molecule has 7 rings (SSSR count). The minimum Gasteiger partial charge on any atom is -0.593 e. The van der Waals surface area contributed by atoms with Crippen molar-refractivity contribution in [1.82, 2.24) is 14.8 Å². The number of nitrogens with zero attached hydrogens (tertiary/aromatic N) is 3. The van der Waals surface area contributed by atoms with Crippen molar-refractivity contribution in [3.8, 4) is 28.2 Å². The molecule has 0 saturated heterocycles. The van der Waals surface area contributed by atoms with Crippen LogP contribution in [0.1, 0.15) is 67.8 Å². The molecule has 2 aliphatic carbocycles. The maximum atomic E-state index is 14.9. The third kappa shape index (κ3) is 5.41. The van der Waals surface area contributed by atoms with E-state index in [0.717, 1.165) is 46.5 Å². The van der Waals surface area contributed by atoms with Gasteiger partial charge in [0.25, 0.3) is 0 Å². The second kappa shape index (κ2) is 10.7. The number of hydrogen-bond acceptors (Lipinski definition) is 7. The van der Waals surface area contributed by atoms with Gasteiger partial charge in [-0.1, -0.05) is 30.0 Å². The van der Waals surface area contributed by atoms with Gasteiger partial charge in [0.05, 0.1) is 27.6 Å². The van der Waals surface area contributed by atoms with E-state index < -0.39 is 23.1 Å². The van der Waals surface area contributed by atoms with E-state index in [2.05, 4.69) is 16.8 Å². The van der Waals surface area contributed by atoms with Crippen LogP contribution in [0.15, 0.2) is 64.9 Å². The van der Waals surface area contributed by atoms with Crippen LogP contribution >= 0.6 is 22.7 Å². The number of benzene rings is 2. The van der Waals surface area contributed by atoms with E-state index >= 15 is 0 Å². The highest BCUT2D eigenvalue weighted by Crippen LogP contribution is 2.75. The molecule has 2 aromatic carbocycles. The van der Waals surface area contributed by atoms with Gasteiger partial charge in [0.2, 0.25) is 10.0 Å². The van der Waals surface area contributed by atoms with Crippen LogP contribution < -0.4 is 5.14 Å². The third-order valence-electron chi connectivity index (χ3n) is 8.13. The molecule has 0 amide bonds. The number of rotatable bonds is 7. The monoisotopic (exact) mass is 628 g/mol. The van der Waals surface area contributed by atoms with Crippen LogP contribution in [0.5, 0.6) is 0 Å². The van der Waals surface area contributed by atoms with E-state index in [0.29, 0.717) is 22.8 Å². The highest BCUT2D eigenvalue weighted by molar-refractivity contribution is 7.89. The molecule has 2 saturated carbocycles. The summed E-state index contributed by atoms with van der Waals surface area (Å²) in [6, 6.07) is 16.5. The molecule has 11 heteroatoms. The summed E-state index contributed by atoms with van der Waals surface area (Å²) in [6.07, 6.45) is 3.66. The Morgan fingerprint density at radius 3 is 2.72 bits per heavy atom. The summed E-state index contributed by atoms with van der Waals surface area (Å²) in [7, 11) is 0. The summed E-state index contributed by atoms with van der Waals surface area (Å²) in [5.74, 6) is 5.03. The summed E-state index contributed by atoms with van der Waals surface area (Å²) in [5.41, 5.74) is 5.21. The summed E-state index contributed by atoms with van der Waals surface area (Å²) < 4.78 is 28.5. The molecule has 0 bridgehead atoms. The highest BCUT2D eigenvalue weighted by Gasteiger charge is 2.64. The number of hydrogen-bond donors (Lipinski definition) is 2. The molecule has 5 aromatic rings. The van der Waals surface area contributed by atoms with Gasteiger partial charge in [-0.2, -0.15) is 5.10 Å². The van der Waals surface area contributed by atoms with E-state index in [-0.39, 0.29) is 21.9 Å². The zero-order chi connectivity index (χ0) is 29.9. The average Bonchev–Trinajstić information content (AvgIpc) is 3.66. The number of carboxylic acids is 1. The molecule has 7 nitrogen and oxygen atoms in total. The van der Waals surface area contributed by atoms with Gasteiger partial charge in [-0.05, 0) is 73.6 Å². The topological polar surface area (TPSA) is 117 Å². The van der Waals surface area contributed by atoms with E-state index in [1.807, 2.05) is 43.3 Å². The molecule has 0 radical (unpaired) electrons. The fourth-order valence-corrected chi connectivity index (χ4v) is 7.62. The lowest BCUT2D eigenvalue weighted by Crippen LogP contribution is -2.14. The smallest absolute Gasteiger partial charge is 0.355 e. The molecule has 2 unspecified atom stereocenters. The zero-order valence-corrected chi connectivity index (χ0v) is 25.4. The Morgan fingerprint density at radius 1 is 1.23 bits per heavy atom. The highest BCUT2D eigenvalue weighted by atomic mass is 32.2. The second-order valence-corrected chi connectivity index (χ2v) is 14.2. The van der Waals surface area contributed by atoms with Gasteiger partial charge in [-0.3, -0.25) is 0 Å². The first-order valence-electron chi connectivity index (χ1n) is 13.7. The fourth-order valence-electron chi connectivity index (χ4n) is 5.68. The normalized spacial score (nSPS) is 17.0. The zero-order valence-electron chi connectivity index (χ0n) is 23.0. The maximum Gasteiger partial charge on any atom is 0.355 e. The summed E-state index contributed by atoms with van der Waals surface area (Å²) in [6.45, 7) is 2.05. The van der Waals surface area contributed by atoms with Crippen LogP contribution in [0.25, 0.3) is 16.4 Å². The molecule has 3 heterocycles. The van der Waals surface area contributed by atoms with E-state index in [1.165, 1.54) is 33.7 Å². The van der Waals surface area contributed by atoms with Crippen molar-refractivity contribution in [1.29, 1.82) is 0 Å². The van der Waals surface area contributed by atoms with Gasteiger partial charge in [0, 0.05) is 39.3 Å².